The number of hydrogen-bond acceptors (Lipinski definition) is 4. The summed E-state index contributed by atoms with van der Waals surface area (Å²) in [4.78, 5) is 14.5. The standard InChI is InChI=1S/C11H14ClNO3S2/c1-2-13(9-3-4-18(15,16)7-9)11(14)10-5-8(12)6-17-10/h5-6,9H,2-4,7H2,1H3. The fourth-order valence-electron chi connectivity index (χ4n) is 2.16. The van der Waals surface area contributed by atoms with Crippen LogP contribution >= 0.6 is 22.9 Å². The van der Waals surface area contributed by atoms with Crippen molar-refractivity contribution in [1.82, 2.24) is 4.90 Å². The lowest BCUT2D eigenvalue weighted by molar-refractivity contribution is 0.0713. The number of hydrogen-bond donors (Lipinski definition) is 0. The molecule has 7 heteroatoms. The molecule has 1 aromatic heterocycles. The van der Waals surface area contributed by atoms with Gasteiger partial charge in [-0.05, 0) is 19.4 Å². The maximum Gasteiger partial charge on any atom is 0.264 e. The second-order valence-electron chi connectivity index (χ2n) is 4.28. The summed E-state index contributed by atoms with van der Waals surface area (Å²) in [6, 6.07) is 1.43. The molecule has 4 nitrogen and oxygen atoms in total. The molecular weight excluding hydrogens is 294 g/mol. The normalized spacial score (nSPS) is 22.0. The summed E-state index contributed by atoms with van der Waals surface area (Å²) in [5, 5.41) is 2.24. The maximum atomic E-state index is 12.3. The second kappa shape index (κ2) is 5.19. The van der Waals surface area contributed by atoms with Crippen molar-refractivity contribution >= 4 is 38.7 Å². The third-order valence-electron chi connectivity index (χ3n) is 3.03. The predicted molar refractivity (Wildman–Crippen MR) is 73.1 cm³/mol. The quantitative estimate of drug-likeness (QED) is 0.859. The Balaban J connectivity index is 2.17. The molecule has 1 atom stereocenters. The molecule has 0 radical (unpaired) electrons. The third-order valence-corrected chi connectivity index (χ3v) is 6.05. The van der Waals surface area contributed by atoms with Gasteiger partial charge in [-0.15, -0.1) is 11.3 Å². The summed E-state index contributed by atoms with van der Waals surface area (Å²) in [6.07, 6.45) is 0.529. The van der Waals surface area contributed by atoms with Gasteiger partial charge in [-0.1, -0.05) is 11.6 Å². The molecule has 1 aliphatic heterocycles. The molecule has 0 spiro atoms. The summed E-state index contributed by atoms with van der Waals surface area (Å²) in [5.41, 5.74) is 0. The first kappa shape index (κ1) is 13.8. The number of amides is 1. The summed E-state index contributed by atoms with van der Waals surface area (Å²) >= 11 is 7.09. The molecule has 1 amide bonds. The van der Waals surface area contributed by atoms with Crippen LogP contribution in [0.4, 0.5) is 0 Å². The van der Waals surface area contributed by atoms with Crippen LogP contribution < -0.4 is 0 Å². The highest BCUT2D eigenvalue weighted by atomic mass is 35.5. The number of carbonyl (C=O) groups is 1. The monoisotopic (exact) mass is 307 g/mol. The Labute approximate surface area is 115 Å². The van der Waals surface area contributed by atoms with Gasteiger partial charge in [0.2, 0.25) is 0 Å². The molecule has 0 aromatic carbocycles. The zero-order chi connectivity index (χ0) is 13.3. The fourth-order valence-corrected chi connectivity index (χ4v) is 4.91. The van der Waals surface area contributed by atoms with E-state index in [1.54, 1.807) is 16.3 Å². The van der Waals surface area contributed by atoms with E-state index >= 15 is 0 Å². The smallest absolute Gasteiger partial charge is 0.264 e. The zero-order valence-corrected chi connectivity index (χ0v) is 12.3. The molecule has 2 heterocycles. The van der Waals surface area contributed by atoms with Crippen LogP contribution in [0.25, 0.3) is 0 Å². The Morgan fingerprint density at radius 3 is 2.78 bits per heavy atom. The summed E-state index contributed by atoms with van der Waals surface area (Å²) in [5.74, 6) is 0.120. The largest absolute Gasteiger partial charge is 0.334 e. The van der Waals surface area contributed by atoms with Gasteiger partial charge in [-0.3, -0.25) is 4.79 Å². The van der Waals surface area contributed by atoms with E-state index in [2.05, 4.69) is 0 Å². The molecule has 0 saturated carbocycles. The van der Waals surface area contributed by atoms with E-state index in [9.17, 15) is 13.2 Å². The molecule has 0 aliphatic carbocycles. The van der Waals surface area contributed by atoms with E-state index < -0.39 is 9.84 Å². The Hall–Kier alpha value is -0.590. The van der Waals surface area contributed by atoms with Gasteiger partial charge in [0.15, 0.2) is 9.84 Å². The maximum absolute atomic E-state index is 12.3. The van der Waals surface area contributed by atoms with Crippen LogP contribution in [-0.4, -0.2) is 43.3 Å². The van der Waals surface area contributed by atoms with E-state index in [1.165, 1.54) is 11.3 Å². The van der Waals surface area contributed by atoms with Crippen molar-refractivity contribution in [2.24, 2.45) is 0 Å². The van der Waals surface area contributed by atoms with Crippen molar-refractivity contribution in [3.05, 3.63) is 21.3 Å². The Morgan fingerprint density at radius 1 is 1.61 bits per heavy atom. The molecule has 2 rings (SSSR count). The minimum atomic E-state index is -2.98. The molecule has 1 aromatic rings. The molecule has 18 heavy (non-hydrogen) atoms. The van der Waals surface area contributed by atoms with E-state index in [0.29, 0.717) is 22.9 Å². The number of rotatable bonds is 3. The first-order valence-electron chi connectivity index (χ1n) is 5.68. The summed E-state index contributed by atoms with van der Waals surface area (Å²) in [7, 11) is -2.98. The lowest BCUT2D eigenvalue weighted by atomic mass is 10.2. The van der Waals surface area contributed by atoms with Crippen molar-refractivity contribution < 1.29 is 13.2 Å². The fraction of sp³-hybridized carbons (Fsp3) is 0.545. The lowest BCUT2D eigenvalue weighted by Gasteiger charge is -2.26. The molecule has 0 N–H and O–H groups in total. The van der Waals surface area contributed by atoms with Crippen molar-refractivity contribution in [2.45, 2.75) is 19.4 Å². The van der Waals surface area contributed by atoms with Crippen LogP contribution in [0.3, 0.4) is 0 Å². The number of nitrogens with zero attached hydrogens (tertiary/aromatic N) is 1. The average Bonchev–Trinajstić information content (AvgIpc) is 2.86. The van der Waals surface area contributed by atoms with Crippen LogP contribution in [0.5, 0.6) is 0 Å². The Kier molecular flexibility index (Phi) is 3.99. The molecular formula is C11H14ClNO3S2. The number of thiophene rings is 1. The van der Waals surface area contributed by atoms with Crippen LogP contribution in [0, 0.1) is 0 Å². The third kappa shape index (κ3) is 2.87. The number of sulfone groups is 1. The molecule has 1 fully saturated rings. The Bertz CT molecular complexity index is 552. The highest BCUT2D eigenvalue weighted by molar-refractivity contribution is 7.91. The Morgan fingerprint density at radius 2 is 2.33 bits per heavy atom. The predicted octanol–water partition coefficient (Wildman–Crippen LogP) is 2.05. The van der Waals surface area contributed by atoms with Gasteiger partial charge in [-0.2, -0.15) is 0 Å². The molecule has 0 bridgehead atoms. The van der Waals surface area contributed by atoms with Crippen molar-refractivity contribution in [1.29, 1.82) is 0 Å². The van der Waals surface area contributed by atoms with Gasteiger partial charge >= 0.3 is 0 Å². The number of carbonyl (C=O) groups excluding carboxylic acids is 1. The highest BCUT2D eigenvalue weighted by Gasteiger charge is 2.34. The SMILES string of the molecule is CCN(C(=O)c1cc(Cl)cs1)C1CCS(=O)(=O)C1. The van der Waals surface area contributed by atoms with Gasteiger partial charge in [-0.25, -0.2) is 8.42 Å². The van der Waals surface area contributed by atoms with Gasteiger partial charge in [0.05, 0.1) is 21.4 Å². The molecule has 1 aliphatic rings. The van der Waals surface area contributed by atoms with Gasteiger partial charge in [0, 0.05) is 18.0 Å². The van der Waals surface area contributed by atoms with Crippen LogP contribution in [0.2, 0.25) is 5.02 Å². The minimum absolute atomic E-state index is 0.0751. The van der Waals surface area contributed by atoms with Gasteiger partial charge in [0.1, 0.15) is 0 Å². The first-order valence-corrected chi connectivity index (χ1v) is 8.76. The minimum Gasteiger partial charge on any atom is -0.334 e. The highest BCUT2D eigenvalue weighted by Crippen LogP contribution is 2.24. The van der Waals surface area contributed by atoms with Crippen LogP contribution in [-0.2, 0) is 9.84 Å². The van der Waals surface area contributed by atoms with Crippen LogP contribution in [0.1, 0.15) is 23.0 Å². The van der Waals surface area contributed by atoms with Gasteiger partial charge < -0.3 is 4.90 Å². The lowest BCUT2D eigenvalue weighted by Crippen LogP contribution is -2.40. The van der Waals surface area contributed by atoms with E-state index in [4.69, 9.17) is 11.6 Å². The van der Waals surface area contributed by atoms with E-state index in [1.807, 2.05) is 6.92 Å². The second-order valence-corrected chi connectivity index (χ2v) is 7.85. The molecule has 100 valence electrons. The van der Waals surface area contributed by atoms with E-state index in [0.717, 1.165) is 0 Å². The molecule has 1 saturated heterocycles. The summed E-state index contributed by atoms with van der Waals surface area (Å²) < 4.78 is 22.9. The van der Waals surface area contributed by atoms with Gasteiger partial charge in [0.25, 0.3) is 5.91 Å². The van der Waals surface area contributed by atoms with Crippen molar-refractivity contribution in [3.63, 3.8) is 0 Å². The molecule has 1 unspecified atom stereocenters. The average molecular weight is 308 g/mol. The van der Waals surface area contributed by atoms with Crippen molar-refractivity contribution in [2.75, 3.05) is 18.1 Å². The number of halogens is 1. The summed E-state index contributed by atoms with van der Waals surface area (Å²) in [6.45, 7) is 2.37. The van der Waals surface area contributed by atoms with Crippen molar-refractivity contribution in [3.8, 4) is 0 Å². The first-order chi connectivity index (χ1) is 8.43. The van der Waals surface area contributed by atoms with E-state index in [-0.39, 0.29) is 23.5 Å². The zero-order valence-electron chi connectivity index (χ0n) is 9.93. The topological polar surface area (TPSA) is 54.5 Å². The van der Waals surface area contributed by atoms with Crippen LogP contribution in [0.15, 0.2) is 11.4 Å².